The normalized spacial score (nSPS) is 10.3. The number of ketones is 1. The van der Waals surface area contributed by atoms with E-state index in [0.717, 1.165) is 0 Å². The predicted molar refractivity (Wildman–Crippen MR) is 70.0 cm³/mol. The molecule has 19 heavy (non-hydrogen) atoms. The molecule has 0 unspecified atom stereocenters. The number of rotatable bonds is 4. The molecule has 0 fully saturated rings. The number of hydrogen-bond donors (Lipinski definition) is 0. The van der Waals surface area contributed by atoms with Crippen molar-refractivity contribution in [3.8, 4) is 5.75 Å². The second-order valence-electron chi connectivity index (χ2n) is 4.17. The number of nitrogens with zero attached hydrogens (tertiary/aromatic N) is 1. The van der Waals surface area contributed by atoms with Crippen LogP contribution in [0.3, 0.4) is 0 Å². The lowest BCUT2D eigenvalue weighted by Crippen LogP contribution is -2.08. The second-order valence-corrected chi connectivity index (χ2v) is 4.17. The summed E-state index contributed by atoms with van der Waals surface area (Å²) in [5, 5.41) is 0. The smallest absolute Gasteiger partial charge is 0.169 e. The Balaban J connectivity index is 2.27. The van der Waals surface area contributed by atoms with Crippen LogP contribution in [0, 0.1) is 12.7 Å². The summed E-state index contributed by atoms with van der Waals surface area (Å²) in [6, 6.07) is 8.17. The van der Waals surface area contributed by atoms with Gasteiger partial charge in [-0.3, -0.25) is 9.78 Å². The first-order valence-electron chi connectivity index (χ1n) is 5.89. The Bertz CT molecular complexity index is 611. The summed E-state index contributed by atoms with van der Waals surface area (Å²) in [5.74, 6) is -0.495. The molecule has 0 amide bonds. The van der Waals surface area contributed by atoms with Crippen LogP contribution < -0.4 is 4.74 Å². The number of Topliss-reactive ketones (excluding diaryl/α,β-unsaturated/α-hetero) is 1. The SMILES string of the molecule is COc1cccc(CC(=O)c2cccnc2C)c1F. The van der Waals surface area contributed by atoms with E-state index in [1.54, 1.807) is 37.4 Å². The van der Waals surface area contributed by atoms with Gasteiger partial charge in [0.2, 0.25) is 0 Å². The number of halogens is 1. The Labute approximate surface area is 111 Å². The summed E-state index contributed by atoms with van der Waals surface area (Å²) in [7, 11) is 1.40. The molecule has 98 valence electrons. The highest BCUT2D eigenvalue weighted by Gasteiger charge is 2.15. The van der Waals surface area contributed by atoms with Crippen LogP contribution in [0.4, 0.5) is 4.39 Å². The number of ether oxygens (including phenoxy) is 1. The third kappa shape index (κ3) is 2.78. The van der Waals surface area contributed by atoms with Crippen LogP contribution in [-0.4, -0.2) is 17.9 Å². The van der Waals surface area contributed by atoms with Crippen molar-refractivity contribution in [1.82, 2.24) is 4.98 Å². The first-order chi connectivity index (χ1) is 9.13. The zero-order valence-electron chi connectivity index (χ0n) is 10.8. The lowest BCUT2D eigenvalue weighted by atomic mass is 10.0. The number of carbonyl (C=O) groups excluding carboxylic acids is 1. The molecule has 0 saturated carbocycles. The van der Waals surface area contributed by atoms with Gasteiger partial charge in [0.05, 0.1) is 7.11 Å². The molecule has 0 aliphatic carbocycles. The molecular weight excluding hydrogens is 245 g/mol. The summed E-state index contributed by atoms with van der Waals surface area (Å²) in [4.78, 5) is 16.2. The molecule has 0 aliphatic heterocycles. The zero-order chi connectivity index (χ0) is 13.8. The van der Waals surface area contributed by atoms with Crippen LogP contribution in [-0.2, 0) is 6.42 Å². The van der Waals surface area contributed by atoms with E-state index >= 15 is 0 Å². The van der Waals surface area contributed by atoms with Crippen molar-refractivity contribution < 1.29 is 13.9 Å². The Morgan fingerprint density at radius 1 is 1.32 bits per heavy atom. The van der Waals surface area contributed by atoms with Crippen molar-refractivity contribution >= 4 is 5.78 Å². The van der Waals surface area contributed by atoms with Crippen LogP contribution in [0.25, 0.3) is 0 Å². The molecule has 0 atom stereocenters. The van der Waals surface area contributed by atoms with Gasteiger partial charge in [-0.1, -0.05) is 12.1 Å². The summed E-state index contributed by atoms with van der Waals surface area (Å²) >= 11 is 0. The summed E-state index contributed by atoms with van der Waals surface area (Å²) < 4.78 is 18.9. The third-order valence-corrected chi connectivity index (χ3v) is 2.92. The highest BCUT2D eigenvalue weighted by Crippen LogP contribution is 2.21. The topological polar surface area (TPSA) is 39.2 Å². The minimum absolute atomic E-state index is 0.00440. The van der Waals surface area contributed by atoms with Crippen LogP contribution >= 0.6 is 0 Å². The van der Waals surface area contributed by atoms with E-state index in [2.05, 4.69) is 4.98 Å². The van der Waals surface area contributed by atoms with E-state index in [9.17, 15) is 9.18 Å². The number of carbonyl (C=O) groups is 1. The molecular formula is C15H14FNO2. The summed E-state index contributed by atoms with van der Waals surface area (Å²) in [6.45, 7) is 1.76. The van der Waals surface area contributed by atoms with Crippen LogP contribution in [0.15, 0.2) is 36.5 Å². The number of pyridine rings is 1. The van der Waals surface area contributed by atoms with Crippen molar-refractivity contribution in [2.75, 3.05) is 7.11 Å². The summed E-state index contributed by atoms with van der Waals surface area (Å²) in [6.07, 6.45) is 1.62. The Morgan fingerprint density at radius 3 is 2.79 bits per heavy atom. The van der Waals surface area contributed by atoms with Crippen LogP contribution in [0.5, 0.6) is 5.75 Å². The molecule has 0 radical (unpaired) electrons. The van der Waals surface area contributed by atoms with E-state index in [0.29, 0.717) is 16.8 Å². The van der Waals surface area contributed by atoms with E-state index < -0.39 is 5.82 Å². The fraction of sp³-hybridized carbons (Fsp3) is 0.200. The van der Waals surface area contributed by atoms with Gasteiger partial charge in [0.15, 0.2) is 17.3 Å². The number of aromatic nitrogens is 1. The van der Waals surface area contributed by atoms with Crippen molar-refractivity contribution in [1.29, 1.82) is 0 Å². The van der Waals surface area contributed by atoms with Gasteiger partial charge in [-0.2, -0.15) is 0 Å². The maximum absolute atomic E-state index is 14.0. The Kier molecular flexibility index (Phi) is 3.90. The molecule has 0 spiro atoms. The maximum Gasteiger partial charge on any atom is 0.169 e. The summed E-state index contributed by atoms with van der Waals surface area (Å²) in [5.41, 5.74) is 1.49. The first kappa shape index (κ1) is 13.2. The molecule has 0 N–H and O–H groups in total. The molecule has 0 saturated heterocycles. The maximum atomic E-state index is 14.0. The monoisotopic (exact) mass is 259 g/mol. The number of methoxy groups -OCH3 is 1. The Hall–Kier alpha value is -2.23. The predicted octanol–water partition coefficient (Wildman–Crippen LogP) is 2.96. The minimum atomic E-state index is -0.486. The highest BCUT2D eigenvalue weighted by molar-refractivity contribution is 5.98. The molecule has 2 rings (SSSR count). The molecule has 2 aromatic rings. The average Bonchev–Trinajstić information content (AvgIpc) is 2.41. The quantitative estimate of drug-likeness (QED) is 0.792. The van der Waals surface area contributed by atoms with Crippen molar-refractivity contribution in [3.63, 3.8) is 0 Å². The minimum Gasteiger partial charge on any atom is -0.494 e. The molecule has 0 aliphatic rings. The number of aryl methyl sites for hydroxylation is 1. The lowest BCUT2D eigenvalue weighted by Gasteiger charge is -2.07. The van der Waals surface area contributed by atoms with Crippen molar-refractivity contribution in [3.05, 3.63) is 59.2 Å². The van der Waals surface area contributed by atoms with E-state index in [1.807, 2.05) is 0 Å². The fourth-order valence-corrected chi connectivity index (χ4v) is 1.90. The Morgan fingerprint density at radius 2 is 2.11 bits per heavy atom. The van der Waals surface area contributed by atoms with Gasteiger partial charge in [0.1, 0.15) is 0 Å². The molecule has 4 heteroatoms. The fourth-order valence-electron chi connectivity index (χ4n) is 1.90. The molecule has 3 nitrogen and oxygen atoms in total. The number of hydrogen-bond acceptors (Lipinski definition) is 3. The standard InChI is InChI=1S/C15H14FNO2/c1-10-12(6-4-8-17-10)13(18)9-11-5-3-7-14(19-2)15(11)16/h3-8H,9H2,1-2H3. The molecule has 1 aromatic carbocycles. The highest BCUT2D eigenvalue weighted by atomic mass is 19.1. The van der Waals surface area contributed by atoms with Gasteiger partial charge in [-0.05, 0) is 30.7 Å². The van der Waals surface area contributed by atoms with Gasteiger partial charge in [0.25, 0.3) is 0 Å². The average molecular weight is 259 g/mol. The van der Waals surface area contributed by atoms with Crippen LogP contribution in [0.1, 0.15) is 21.6 Å². The van der Waals surface area contributed by atoms with Gasteiger partial charge < -0.3 is 4.74 Å². The van der Waals surface area contributed by atoms with E-state index in [1.165, 1.54) is 13.2 Å². The van der Waals surface area contributed by atoms with Gasteiger partial charge in [0, 0.05) is 23.9 Å². The van der Waals surface area contributed by atoms with Gasteiger partial charge >= 0.3 is 0 Å². The molecule has 0 bridgehead atoms. The van der Waals surface area contributed by atoms with Crippen LogP contribution in [0.2, 0.25) is 0 Å². The first-order valence-corrected chi connectivity index (χ1v) is 5.89. The van der Waals surface area contributed by atoms with Gasteiger partial charge in [-0.25, -0.2) is 4.39 Å². The zero-order valence-corrected chi connectivity index (χ0v) is 10.8. The lowest BCUT2D eigenvalue weighted by molar-refractivity contribution is 0.0990. The third-order valence-electron chi connectivity index (χ3n) is 2.92. The largest absolute Gasteiger partial charge is 0.494 e. The van der Waals surface area contributed by atoms with E-state index in [4.69, 9.17) is 4.74 Å². The second kappa shape index (κ2) is 5.61. The molecule has 1 aromatic heterocycles. The molecule has 1 heterocycles. The van der Waals surface area contributed by atoms with E-state index in [-0.39, 0.29) is 18.0 Å². The van der Waals surface area contributed by atoms with Crippen molar-refractivity contribution in [2.45, 2.75) is 13.3 Å². The number of benzene rings is 1. The van der Waals surface area contributed by atoms with Gasteiger partial charge in [-0.15, -0.1) is 0 Å². The van der Waals surface area contributed by atoms with Crippen molar-refractivity contribution in [2.24, 2.45) is 0 Å².